The Kier molecular flexibility index (Phi) is 1.73. The Morgan fingerprint density at radius 2 is 2.33 bits per heavy atom. The SMILES string of the molecule is OC1CNc2c(F)cccc2C1. The first-order valence-corrected chi connectivity index (χ1v) is 3.96. The zero-order chi connectivity index (χ0) is 8.55. The molecule has 0 amide bonds. The number of benzene rings is 1. The van der Waals surface area contributed by atoms with Gasteiger partial charge in [0.25, 0.3) is 0 Å². The van der Waals surface area contributed by atoms with Crippen molar-refractivity contribution in [3.05, 3.63) is 29.6 Å². The van der Waals surface area contributed by atoms with E-state index in [4.69, 9.17) is 0 Å². The van der Waals surface area contributed by atoms with Gasteiger partial charge in [0.1, 0.15) is 5.82 Å². The zero-order valence-corrected chi connectivity index (χ0v) is 6.55. The van der Waals surface area contributed by atoms with Crippen molar-refractivity contribution < 1.29 is 9.50 Å². The van der Waals surface area contributed by atoms with Gasteiger partial charge in [0.05, 0.1) is 11.8 Å². The van der Waals surface area contributed by atoms with Crippen LogP contribution in [-0.2, 0) is 6.42 Å². The molecule has 2 N–H and O–H groups in total. The molecule has 0 saturated heterocycles. The minimum absolute atomic E-state index is 0.237. The maximum atomic E-state index is 13.1. The maximum absolute atomic E-state index is 13.1. The van der Waals surface area contributed by atoms with Crippen LogP contribution in [0.5, 0.6) is 0 Å². The number of hydrogen-bond acceptors (Lipinski definition) is 2. The number of fused-ring (bicyclic) bond motifs is 1. The molecule has 0 saturated carbocycles. The first-order chi connectivity index (χ1) is 5.77. The van der Waals surface area contributed by atoms with Crippen LogP contribution in [0.15, 0.2) is 18.2 Å². The molecule has 12 heavy (non-hydrogen) atoms. The number of anilines is 1. The van der Waals surface area contributed by atoms with E-state index in [0.29, 0.717) is 18.7 Å². The van der Waals surface area contributed by atoms with Crippen LogP contribution in [0.25, 0.3) is 0 Å². The molecule has 0 radical (unpaired) electrons. The molecule has 2 rings (SSSR count). The molecular weight excluding hydrogens is 157 g/mol. The molecule has 1 heterocycles. The minimum atomic E-state index is -0.390. The topological polar surface area (TPSA) is 32.3 Å². The van der Waals surface area contributed by atoms with Crippen LogP contribution in [0.1, 0.15) is 5.56 Å². The third kappa shape index (κ3) is 1.16. The van der Waals surface area contributed by atoms with Crippen LogP contribution in [0, 0.1) is 5.82 Å². The minimum Gasteiger partial charge on any atom is -0.391 e. The van der Waals surface area contributed by atoms with E-state index in [1.54, 1.807) is 6.07 Å². The van der Waals surface area contributed by atoms with E-state index in [1.807, 2.05) is 6.07 Å². The quantitative estimate of drug-likeness (QED) is 0.607. The maximum Gasteiger partial charge on any atom is 0.146 e. The number of nitrogens with one attached hydrogen (secondary N) is 1. The van der Waals surface area contributed by atoms with Gasteiger partial charge in [-0.05, 0) is 11.6 Å². The second-order valence-corrected chi connectivity index (χ2v) is 3.01. The molecule has 0 spiro atoms. The summed E-state index contributed by atoms with van der Waals surface area (Å²) in [5.74, 6) is -0.237. The molecule has 2 nitrogen and oxygen atoms in total. The van der Waals surface area contributed by atoms with Crippen molar-refractivity contribution in [3.8, 4) is 0 Å². The number of hydrogen-bond donors (Lipinski definition) is 2. The summed E-state index contributed by atoms with van der Waals surface area (Å²) in [6, 6.07) is 4.91. The molecule has 64 valence electrons. The number of aliphatic hydroxyl groups excluding tert-OH is 1. The summed E-state index contributed by atoms with van der Waals surface area (Å²) in [4.78, 5) is 0. The molecule has 1 unspecified atom stereocenters. The van der Waals surface area contributed by atoms with Gasteiger partial charge < -0.3 is 10.4 Å². The fraction of sp³-hybridized carbons (Fsp3) is 0.333. The van der Waals surface area contributed by atoms with Crippen molar-refractivity contribution in [1.82, 2.24) is 0 Å². The normalized spacial score (nSPS) is 21.3. The molecule has 0 fully saturated rings. The molecule has 0 aliphatic carbocycles. The van der Waals surface area contributed by atoms with Crippen LogP contribution in [0.4, 0.5) is 10.1 Å². The Hall–Kier alpha value is -1.09. The molecule has 3 heteroatoms. The van der Waals surface area contributed by atoms with E-state index < -0.39 is 0 Å². The van der Waals surface area contributed by atoms with E-state index in [1.165, 1.54) is 6.07 Å². The number of rotatable bonds is 0. The van der Waals surface area contributed by atoms with Crippen LogP contribution < -0.4 is 5.32 Å². The summed E-state index contributed by atoms with van der Waals surface area (Å²) < 4.78 is 13.1. The molecule has 1 aromatic carbocycles. The second-order valence-electron chi connectivity index (χ2n) is 3.01. The van der Waals surface area contributed by atoms with Gasteiger partial charge in [0, 0.05) is 13.0 Å². The second kappa shape index (κ2) is 2.75. The third-order valence-corrected chi connectivity index (χ3v) is 2.07. The summed E-state index contributed by atoms with van der Waals surface area (Å²) in [5.41, 5.74) is 1.40. The third-order valence-electron chi connectivity index (χ3n) is 2.07. The smallest absolute Gasteiger partial charge is 0.146 e. The van der Waals surface area contributed by atoms with Gasteiger partial charge in [-0.15, -0.1) is 0 Å². The average molecular weight is 167 g/mol. The predicted molar refractivity (Wildman–Crippen MR) is 44.6 cm³/mol. The van der Waals surface area contributed by atoms with Crippen LogP contribution in [0.3, 0.4) is 0 Å². The summed E-state index contributed by atoms with van der Waals surface area (Å²) in [7, 11) is 0. The van der Waals surface area contributed by atoms with Gasteiger partial charge in [0.15, 0.2) is 0 Å². The molecule has 0 bridgehead atoms. The van der Waals surface area contributed by atoms with Gasteiger partial charge in [-0.2, -0.15) is 0 Å². The van der Waals surface area contributed by atoms with Crippen molar-refractivity contribution in [2.75, 3.05) is 11.9 Å². The molecule has 0 aromatic heterocycles. The highest BCUT2D eigenvalue weighted by Crippen LogP contribution is 2.24. The van der Waals surface area contributed by atoms with Crippen molar-refractivity contribution in [1.29, 1.82) is 0 Å². The average Bonchev–Trinajstić information content (AvgIpc) is 2.04. The molecule has 1 aromatic rings. The Morgan fingerprint density at radius 1 is 1.50 bits per heavy atom. The first kappa shape index (κ1) is 7.55. The number of aliphatic hydroxyl groups is 1. The van der Waals surface area contributed by atoms with Crippen molar-refractivity contribution in [3.63, 3.8) is 0 Å². The van der Waals surface area contributed by atoms with Crippen LogP contribution in [0.2, 0.25) is 0 Å². The highest BCUT2D eigenvalue weighted by Gasteiger charge is 2.17. The van der Waals surface area contributed by atoms with E-state index >= 15 is 0 Å². The monoisotopic (exact) mass is 167 g/mol. The Morgan fingerprint density at radius 3 is 3.17 bits per heavy atom. The summed E-state index contributed by atoms with van der Waals surface area (Å²) in [6.07, 6.45) is 0.152. The predicted octanol–water partition coefficient (Wildman–Crippen LogP) is 1.15. The van der Waals surface area contributed by atoms with Crippen LogP contribution >= 0.6 is 0 Å². The highest BCUT2D eigenvalue weighted by atomic mass is 19.1. The molecule has 1 aliphatic rings. The van der Waals surface area contributed by atoms with Crippen molar-refractivity contribution in [2.45, 2.75) is 12.5 Å². The lowest BCUT2D eigenvalue weighted by Crippen LogP contribution is -2.28. The molecular formula is C9H10FNO. The van der Waals surface area contributed by atoms with Gasteiger partial charge >= 0.3 is 0 Å². The van der Waals surface area contributed by atoms with E-state index in [-0.39, 0.29) is 11.9 Å². The van der Waals surface area contributed by atoms with Gasteiger partial charge in [-0.3, -0.25) is 0 Å². The largest absolute Gasteiger partial charge is 0.391 e. The standard InChI is InChI=1S/C9H10FNO/c10-8-3-1-2-6-4-7(12)5-11-9(6)8/h1-3,7,11-12H,4-5H2. The first-order valence-electron chi connectivity index (χ1n) is 3.96. The number of halogens is 1. The lowest BCUT2D eigenvalue weighted by atomic mass is 10.0. The zero-order valence-electron chi connectivity index (χ0n) is 6.55. The van der Waals surface area contributed by atoms with Gasteiger partial charge in [0.2, 0.25) is 0 Å². The number of para-hydroxylation sites is 1. The molecule has 1 atom stereocenters. The van der Waals surface area contributed by atoms with Gasteiger partial charge in [-0.1, -0.05) is 12.1 Å². The Balaban J connectivity index is 2.42. The Bertz CT molecular complexity index is 301. The van der Waals surface area contributed by atoms with Gasteiger partial charge in [-0.25, -0.2) is 4.39 Å². The summed E-state index contributed by atoms with van der Waals surface area (Å²) >= 11 is 0. The van der Waals surface area contributed by atoms with Crippen molar-refractivity contribution >= 4 is 5.69 Å². The fourth-order valence-corrected chi connectivity index (χ4v) is 1.48. The van der Waals surface area contributed by atoms with Crippen LogP contribution in [-0.4, -0.2) is 17.8 Å². The van der Waals surface area contributed by atoms with E-state index in [9.17, 15) is 9.50 Å². The molecule has 1 aliphatic heterocycles. The van der Waals surface area contributed by atoms with E-state index in [2.05, 4.69) is 5.32 Å². The lowest BCUT2D eigenvalue weighted by molar-refractivity contribution is 0.184. The highest BCUT2D eigenvalue weighted by molar-refractivity contribution is 5.54. The Labute approximate surface area is 70.0 Å². The lowest BCUT2D eigenvalue weighted by Gasteiger charge is -2.22. The summed E-state index contributed by atoms with van der Waals surface area (Å²) in [6.45, 7) is 0.438. The number of β-amino-alcohol motifs (C(OH)–C–C–N with tert-alkyl or cyclic N) is 1. The van der Waals surface area contributed by atoms with Crippen molar-refractivity contribution in [2.24, 2.45) is 0 Å². The summed E-state index contributed by atoms with van der Waals surface area (Å²) in [5, 5.41) is 12.1. The fourth-order valence-electron chi connectivity index (χ4n) is 1.48. The van der Waals surface area contributed by atoms with E-state index in [0.717, 1.165) is 5.56 Å².